The molecule has 0 aliphatic carbocycles. The van der Waals surface area contributed by atoms with E-state index in [-0.39, 0.29) is 17.1 Å². The fourth-order valence-corrected chi connectivity index (χ4v) is 4.39. The monoisotopic (exact) mass is 475 g/mol. The maximum atomic E-state index is 12.3. The highest BCUT2D eigenvalue weighted by Gasteiger charge is 2.48. The molecular formula is C18H30N5O8P. The van der Waals surface area contributed by atoms with Crippen molar-refractivity contribution in [2.24, 2.45) is 0 Å². The molecule has 0 saturated carbocycles. The van der Waals surface area contributed by atoms with Crippen LogP contribution in [0.5, 0.6) is 0 Å². The van der Waals surface area contributed by atoms with Crippen molar-refractivity contribution in [3.05, 3.63) is 16.7 Å². The van der Waals surface area contributed by atoms with E-state index in [4.69, 9.17) is 24.3 Å². The molecule has 5 N–H and O–H groups in total. The number of phosphoric acid groups is 1. The van der Waals surface area contributed by atoms with Gasteiger partial charge in [0, 0.05) is 0 Å². The van der Waals surface area contributed by atoms with E-state index in [0.717, 1.165) is 0 Å². The third kappa shape index (κ3) is 5.73. The van der Waals surface area contributed by atoms with Gasteiger partial charge in [-0.05, 0) is 41.5 Å². The second kappa shape index (κ2) is 8.49. The van der Waals surface area contributed by atoms with Gasteiger partial charge >= 0.3 is 7.82 Å². The first-order valence-electron chi connectivity index (χ1n) is 9.98. The van der Waals surface area contributed by atoms with E-state index in [1.807, 2.05) is 0 Å². The maximum absolute atomic E-state index is 12.3. The lowest BCUT2D eigenvalue weighted by atomic mass is 10.1. The van der Waals surface area contributed by atoms with Gasteiger partial charge in [-0.25, -0.2) is 9.55 Å². The predicted octanol–water partition coefficient (Wildman–Crippen LogP) is 1.08. The van der Waals surface area contributed by atoms with Crippen molar-refractivity contribution in [1.29, 1.82) is 0 Å². The number of nitrogen functional groups attached to an aromatic ring is 1. The lowest BCUT2D eigenvalue weighted by molar-refractivity contribution is -0.119. The van der Waals surface area contributed by atoms with Crippen LogP contribution >= 0.6 is 7.82 Å². The molecule has 14 heteroatoms. The van der Waals surface area contributed by atoms with Crippen molar-refractivity contribution in [2.45, 2.75) is 77.3 Å². The Morgan fingerprint density at radius 2 is 1.94 bits per heavy atom. The van der Waals surface area contributed by atoms with Crippen LogP contribution in [0.4, 0.5) is 5.95 Å². The molecule has 3 rings (SSSR count). The van der Waals surface area contributed by atoms with Crippen molar-refractivity contribution in [1.82, 2.24) is 19.5 Å². The largest absolute Gasteiger partial charge is 0.472 e. The third-order valence-corrected chi connectivity index (χ3v) is 5.57. The van der Waals surface area contributed by atoms with Crippen LogP contribution in [-0.2, 0) is 23.1 Å². The lowest BCUT2D eigenvalue weighted by Gasteiger charge is -2.30. The SMILES string of the molecule is CC(C)(C)OC1C(COP(=O)(O)OC(C)(C)C)OC(n2cnc3c(=O)[nH]c(N)nc32)C1O. The molecule has 1 saturated heterocycles. The number of anilines is 1. The summed E-state index contributed by atoms with van der Waals surface area (Å²) < 4.78 is 35.8. The zero-order valence-electron chi connectivity index (χ0n) is 18.8. The first kappa shape index (κ1) is 24.8. The standard InChI is InChI=1S/C18H30N5O8P/c1-17(2,3)30-12-9(7-28-32(26,27)31-18(4,5)6)29-15(11(12)24)23-8-20-10-13(23)21-16(19)22-14(10)25/h8-9,11-12,15,24H,7H2,1-6H3,(H,26,27)(H3,19,21,22,25). The number of hydrogen-bond acceptors (Lipinski definition) is 10. The number of fused-ring (bicyclic) bond motifs is 1. The molecule has 0 bridgehead atoms. The molecule has 5 atom stereocenters. The Morgan fingerprint density at radius 3 is 2.53 bits per heavy atom. The van der Waals surface area contributed by atoms with Gasteiger partial charge in [0.15, 0.2) is 17.4 Å². The predicted molar refractivity (Wildman–Crippen MR) is 114 cm³/mol. The molecule has 0 amide bonds. The summed E-state index contributed by atoms with van der Waals surface area (Å²) in [5.41, 5.74) is 3.63. The number of rotatable bonds is 6. The Morgan fingerprint density at radius 1 is 1.28 bits per heavy atom. The molecule has 0 radical (unpaired) electrons. The van der Waals surface area contributed by atoms with Crippen LogP contribution < -0.4 is 11.3 Å². The van der Waals surface area contributed by atoms with E-state index in [1.165, 1.54) is 10.9 Å². The summed E-state index contributed by atoms with van der Waals surface area (Å²) in [6.45, 7) is 9.81. The number of H-pyrrole nitrogens is 1. The first-order chi connectivity index (χ1) is 14.6. The summed E-state index contributed by atoms with van der Waals surface area (Å²) >= 11 is 0. The Balaban J connectivity index is 1.89. The zero-order valence-corrected chi connectivity index (χ0v) is 19.7. The summed E-state index contributed by atoms with van der Waals surface area (Å²) in [5.74, 6) is -0.125. The fraction of sp³-hybridized carbons (Fsp3) is 0.722. The van der Waals surface area contributed by atoms with Gasteiger partial charge in [0.1, 0.15) is 18.3 Å². The molecule has 1 aliphatic rings. The molecule has 2 aromatic heterocycles. The lowest BCUT2D eigenvalue weighted by Crippen LogP contribution is -2.41. The van der Waals surface area contributed by atoms with E-state index >= 15 is 0 Å². The van der Waals surface area contributed by atoms with Crippen LogP contribution in [-0.4, -0.2) is 65.6 Å². The molecule has 32 heavy (non-hydrogen) atoms. The van der Waals surface area contributed by atoms with Crippen LogP contribution in [0.2, 0.25) is 0 Å². The van der Waals surface area contributed by atoms with Gasteiger partial charge in [-0.1, -0.05) is 0 Å². The van der Waals surface area contributed by atoms with Gasteiger partial charge in [0.05, 0.1) is 24.1 Å². The Hall–Kier alpha value is -1.86. The van der Waals surface area contributed by atoms with Crippen molar-refractivity contribution in [3.8, 4) is 0 Å². The topological polar surface area (TPSA) is 184 Å². The molecule has 2 aromatic rings. The van der Waals surface area contributed by atoms with Crippen molar-refractivity contribution in [3.63, 3.8) is 0 Å². The van der Waals surface area contributed by atoms with Gasteiger partial charge in [0.2, 0.25) is 5.95 Å². The average molecular weight is 475 g/mol. The van der Waals surface area contributed by atoms with Crippen molar-refractivity contribution in [2.75, 3.05) is 12.3 Å². The molecule has 0 aromatic carbocycles. The second-order valence-electron chi connectivity index (χ2n) is 9.49. The number of aliphatic hydroxyl groups excluding tert-OH is 1. The highest BCUT2D eigenvalue weighted by atomic mass is 31.2. The number of nitrogens with one attached hydrogen (secondary N) is 1. The summed E-state index contributed by atoms with van der Waals surface area (Å²) in [4.78, 5) is 32.6. The Bertz CT molecular complexity index is 1070. The Kier molecular flexibility index (Phi) is 6.57. The van der Waals surface area contributed by atoms with E-state index < -0.39 is 55.7 Å². The number of aromatic nitrogens is 4. The Labute approximate surface area is 184 Å². The van der Waals surface area contributed by atoms with Gasteiger partial charge in [0.25, 0.3) is 5.56 Å². The zero-order chi connectivity index (χ0) is 24.1. The second-order valence-corrected chi connectivity index (χ2v) is 10.9. The maximum Gasteiger partial charge on any atom is 0.472 e. The summed E-state index contributed by atoms with van der Waals surface area (Å²) in [7, 11) is -4.41. The number of phosphoric ester groups is 1. The minimum absolute atomic E-state index is 0.0152. The smallest absolute Gasteiger partial charge is 0.386 e. The third-order valence-electron chi connectivity index (χ3n) is 4.32. The van der Waals surface area contributed by atoms with Crippen LogP contribution in [0.1, 0.15) is 47.8 Å². The molecule has 3 heterocycles. The van der Waals surface area contributed by atoms with E-state index in [0.29, 0.717) is 0 Å². The highest BCUT2D eigenvalue weighted by molar-refractivity contribution is 7.47. The quantitative estimate of drug-likeness (QED) is 0.438. The molecular weight excluding hydrogens is 445 g/mol. The number of ether oxygens (including phenoxy) is 2. The van der Waals surface area contributed by atoms with Gasteiger partial charge in [-0.3, -0.25) is 23.4 Å². The number of nitrogens with two attached hydrogens (primary N) is 1. The minimum Gasteiger partial charge on any atom is -0.386 e. The molecule has 1 aliphatic heterocycles. The van der Waals surface area contributed by atoms with Crippen LogP contribution in [0.25, 0.3) is 11.2 Å². The van der Waals surface area contributed by atoms with Gasteiger partial charge < -0.3 is 25.2 Å². The van der Waals surface area contributed by atoms with Crippen LogP contribution in [0.15, 0.2) is 11.1 Å². The van der Waals surface area contributed by atoms with E-state index in [1.54, 1.807) is 41.5 Å². The summed E-state index contributed by atoms with van der Waals surface area (Å²) in [6.07, 6.45) is -2.92. The first-order valence-corrected chi connectivity index (χ1v) is 11.5. The molecule has 1 fully saturated rings. The van der Waals surface area contributed by atoms with Crippen LogP contribution in [0.3, 0.4) is 0 Å². The van der Waals surface area contributed by atoms with Crippen molar-refractivity contribution < 1.29 is 33.1 Å². The number of imidazole rings is 1. The van der Waals surface area contributed by atoms with Crippen LogP contribution in [0, 0.1) is 0 Å². The summed E-state index contributed by atoms with van der Waals surface area (Å²) in [6, 6.07) is 0. The summed E-state index contributed by atoms with van der Waals surface area (Å²) in [5, 5.41) is 11.0. The number of aliphatic hydroxyl groups is 1. The average Bonchev–Trinajstić information content (AvgIpc) is 3.12. The van der Waals surface area contributed by atoms with Gasteiger partial charge in [-0.15, -0.1) is 0 Å². The molecule has 180 valence electrons. The highest BCUT2D eigenvalue weighted by Crippen LogP contribution is 2.48. The van der Waals surface area contributed by atoms with Crippen molar-refractivity contribution >= 4 is 24.9 Å². The fourth-order valence-electron chi connectivity index (χ4n) is 3.31. The minimum atomic E-state index is -4.41. The number of nitrogens with zero attached hydrogens (tertiary/aromatic N) is 3. The molecule has 5 unspecified atom stereocenters. The molecule has 13 nitrogen and oxygen atoms in total. The van der Waals surface area contributed by atoms with E-state index in [9.17, 15) is 19.4 Å². The molecule has 0 spiro atoms. The normalized spacial score (nSPS) is 26.5. The van der Waals surface area contributed by atoms with E-state index in [2.05, 4.69) is 15.0 Å². The number of aromatic amines is 1. The number of hydrogen-bond donors (Lipinski definition) is 4. The van der Waals surface area contributed by atoms with Gasteiger partial charge in [-0.2, -0.15) is 4.98 Å².